The first-order chi connectivity index (χ1) is 11.2. The minimum atomic E-state index is -0.522. The van der Waals surface area contributed by atoms with Gasteiger partial charge in [0.25, 0.3) is 0 Å². The summed E-state index contributed by atoms with van der Waals surface area (Å²) in [6.45, 7) is 6.28. The van der Waals surface area contributed by atoms with Gasteiger partial charge in [0.15, 0.2) is 0 Å². The molecule has 0 atom stereocenters. The highest BCUT2D eigenvalue weighted by Crippen LogP contribution is 2.25. The van der Waals surface area contributed by atoms with Crippen LogP contribution in [0.25, 0.3) is 11.1 Å². The predicted octanol–water partition coefficient (Wildman–Crippen LogP) is 1.40. The van der Waals surface area contributed by atoms with E-state index in [1.165, 1.54) is 0 Å². The minimum Gasteiger partial charge on any atom is -0.444 e. The molecule has 130 valence electrons. The first-order valence-corrected chi connectivity index (χ1v) is 7.57. The molecule has 0 bridgehead atoms. The molecule has 0 unspecified atom stereocenters. The Morgan fingerprint density at radius 1 is 1.33 bits per heavy atom. The number of anilines is 2. The lowest BCUT2D eigenvalue weighted by molar-refractivity contribution is 0.0530. The number of alkyl carbamates (subject to hydrolysis) is 1. The summed E-state index contributed by atoms with van der Waals surface area (Å²) in [4.78, 5) is 19.8. The summed E-state index contributed by atoms with van der Waals surface area (Å²) < 4.78 is 6.86. The van der Waals surface area contributed by atoms with Crippen molar-refractivity contribution in [3.63, 3.8) is 0 Å². The normalized spacial score (nSPS) is 11.2. The maximum absolute atomic E-state index is 11.6. The van der Waals surface area contributed by atoms with Crippen LogP contribution in [0.5, 0.6) is 0 Å². The first-order valence-electron chi connectivity index (χ1n) is 7.57. The fourth-order valence-electron chi connectivity index (χ4n) is 1.96. The van der Waals surface area contributed by atoms with Gasteiger partial charge in [-0.15, -0.1) is 0 Å². The molecule has 4 N–H and O–H groups in total. The van der Waals surface area contributed by atoms with E-state index in [1.807, 2.05) is 34.0 Å². The van der Waals surface area contributed by atoms with Gasteiger partial charge in [-0.3, -0.25) is 4.68 Å². The topological polar surface area (TPSA) is 120 Å². The summed E-state index contributed by atoms with van der Waals surface area (Å²) in [5, 5.41) is 9.95. The van der Waals surface area contributed by atoms with E-state index >= 15 is 0 Å². The number of nitrogens with zero attached hydrogens (tertiary/aromatic N) is 4. The van der Waals surface area contributed by atoms with E-state index < -0.39 is 11.7 Å². The molecule has 0 aliphatic rings. The highest BCUT2D eigenvalue weighted by atomic mass is 16.6. The maximum Gasteiger partial charge on any atom is 0.407 e. The highest BCUT2D eigenvalue weighted by Gasteiger charge is 2.15. The number of nitrogens with two attached hydrogens (primary N) is 1. The van der Waals surface area contributed by atoms with Crippen molar-refractivity contribution in [1.29, 1.82) is 0 Å². The number of nitrogen functional groups attached to an aromatic ring is 1. The van der Waals surface area contributed by atoms with Crippen molar-refractivity contribution in [2.24, 2.45) is 7.05 Å². The molecule has 24 heavy (non-hydrogen) atoms. The van der Waals surface area contributed by atoms with Crippen molar-refractivity contribution in [2.75, 3.05) is 24.1 Å². The fraction of sp³-hybridized carbons (Fsp3) is 0.467. The SMILES string of the molecule is Cn1cc(-c2cnc(N)nc2NCCNC(=O)OC(C)(C)C)cn1. The second kappa shape index (κ2) is 7.16. The Morgan fingerprint density at radius 2 is 2.08 bits per heavy atom. The molecule has 0 fully saturated rings. The molecule has 2 aromatic rings. The predicted molar refractivity (Wildman–Crippen MR) is 91.4 cm³/mol. The Kier molecular flexibility index (Phi) is 5.22. The molecule has 9 nitrogen and oxygen atoms in total. The number of carbonyl (C=O) groups is 1. The van der Waals surface area contributed by atoms with Gasteiger partial charge in [0.1, 0.15) is 11.4 Å². The van der Waals surface area contributed by atoms with Crippen LogP contribution in [-0.2, 0) is 11.8 Å². The molecule has 2 heterocycles. The van der Waals surface area contributed by atoms with Crippen LogP contribution in [0.4, 0.5) is 16.6 Å². The van der Waals surface area contributed by atoms with Crippen molar-refractivity contribution >= 4 is 17.9 Å². The van der Waals surface area contributed by atoms with Crippen molar-refractivity contribution in [1.82, 2.24) is 25.1 Å². The summed E-state index contributed by atoms with van der Waals surface area (Å²) in [6, 6.07) is 0. The first kappa shape index (κ1) is 17.5. The zero-order valence-corrected chi connectivity index (χ0v) is 14.3. The van der Waals surface area contributed by atoms with Crippen LogP contribution in [-0.4, -0.2) is 44.5 Å². The van der Waals surface area contributed by atoms with Gasteiger partial charge in [0.2, 0.25) is 5.95 Å². The summed E-state index contributed by atoms with van der Waals surface area (Å²) in [7, 11) is 1.83. The zero-order chi connectivity index (χ0) is 17.7. The van der Waals surface area contributed by atoms with Gasteiger partial charge >= 0.3 is 6.09 Å². The van der Waals surface area contributed by atoms with Crippen molar-refractivity contribution in [2.45, 2.75) is 26.4 Å². The Hall–Kier alpha value is -2.84. The number of carbonyl (C=O) groups excluding carboxylic acids is 1. The molecule has 2 rings (SSSR count). The Balaban J connectivity index is 1.95. The molecule has 9 heteroatoms. The number of hydrogen-bond donors (Lipinski definition) is 3. The molecular formula is C15H23N7O2. The van der Waals surface area contributed by atoms with Crippen molar-refractivity contribution in [3.05, 3.63) is 18.6 Å². The number of amides is 1. The van der Waals surface area contributed by atoms with Gasteiger partial charge in [0, 0.05) is 43.7 Å². The van der Waals surface area contributed by atoms with Crippen LogP contribution < -0.4 is 16.4 Å². The van der Waals surface area contributed by atoms with Gasteiger partial charge in [-0.2, -0.15) is 10.1 Å². The molecule has 0 saturated heterocycles. The highest BCUT2D eigenvalue weighted by molar-refractivity contribution is 5.74. The van der Waals surface area contributed by atoms with Crippen LogP contribution >= 0.6 is 0 Å². The minimum absolute atomic E-state index is 0.172. The van der Waals surface area contributed by atoms with Crippen LogP contribution in [0.2, 0.25) is 0 Å². The van der Waals surface area contributed by atoms with Gasteiger partial charge in [-0.05, 0) is 20.8 Å². The van der Waals surface area contributed by atoms with E-state index in [9.17, 15) is 4.79 Å². The lowest BCUT2D eigenvalue weighted by Gasteiger charge is -2.19. The zero-order valence-electron chi connectivity index (χ0n) is 14.3. The number of hydrogen-bond acceptors (Lipinski definition) is 7. The second-order valence-corrected chi connectivity index (χ2v) is 6.25. The summed E-state index contributed by atoms with van der Waals surface area (Å²) in [5.74, 6) is 0.756. The van der Waals surface area contributed by atoms with E-state index in [4.69, 9.17) is 10.5 Å². The van der Waals surface area contributed by atoms with Crippen LogP contribution in [0.1, 0.15) is 20.8 Å². The maximum atomic E-state index is 11.6. The number of nitrogens with one attached hydrogen (secondary N) is 2. The molecular weight excluding hydrogens is 310 g/mol. The van der Waals surface area contributed by atoms with Gasteiger partial charge in [-0.1, -0.05) is 0 Å². The average molecular weight is 333 g/mol. The van der Waals surface area contributed by atoms with Crippen LogP contribution in [0.15, 0.2) is 18.6 Å². The van der Waals surface area contributed by atoms with E-state index in [0.29, 0.717) is 18.9 Å². The third-order valence-corrected chi connectivity index (χ3v) is 2.91. The van der Waals surface area contributed by atoms with Crippen molar-refractivity contribution in [3.8, 4) is 11.1 Å². The van der Waals surface area contributed by atoms with Crippen LogP contribution in [0.3, 0.4) is 0 Å². The second-order valence-electron chi connectivity index (χ2n) is 6.25. The molecule has 0 saturated carbocycles. The standard InChI is InChI=1S/C15H23N7O2/c1-15(2,3)24-14(23)18-6-5-17-12-11(8-19-13(16)21-12)10-7-20-22(4)9-10/h7-9H,5-6H2,1-4H3,(H,18,23)(H3,16,17,19,21). The summed E-state index contributed by atoms with van der Waals surface area (Å²) >= 11 is 0. The van der Waals surface area contributed by atoms with E-state index in [-0.39, 0.29) is 5.95 Å². The molecule has 1 amide bonds. The summed E-state index contributed by atoms with van der Waals surface area (Å²) in [6.07, 6.45) is 4.76. The lowest BCUT2D eigenvalue weighted by Crippen LogP contribution is -2.35. The smallest absolute Gasteiger partial charge is 0.407 e. The molecule has 0 aliphatic carbocycles. The van der Waals surface area contributed by atoms with Gasteiger partial charge < -0.3 is 21.1 Å². The number of aromatic nitrogens is 4. The molecule has 0 aliphatic heterocycles. The third kappa shape index (κ3) is 5.11. The molecule has 0 aromatic carbocycles. The monoisotopic (exact) mass is 333 g/mol. The summed E-state index contributed by atoms with van der Waals surface area (Å²) in [5.41, 5.74) is 6.80. The number of rotatable bonds is 5. The fourth-order valence-corrected chi connectivity index (χ4v) is 1.96. The van der Waals surface area contributed by atoms with E-state index in [2.05, 4.69) is 25.7 Å². The Morgan fingerprint density at radius 3 is 2.71 bits per heavy atom. The van der Waals surface area contributed by atoms with Crippen LogP contribution in [0, 0.1) is 0 Å². The Labute approximate surface area is 140 Å². The van der Waals surface area contributed by atoms with Crippen molar-refractivity contribution < 1.29 is 9.53 Å². The largest absolute Gasteiger partial charge is 0.444 e. The molecule has 0 spiro atoms. The lowest BCUT2D eigenvalue weighted by atomic mass is 10.2. The van der Waals surface area contributed by atoms with Gasteiger partial charge in [0.05, 0.1) is 6.20 Å². The number of aryl methyl sites for hydroxylation is 1. The molecule has 0 radical (unpaired) electrons. The average Bonchev–Trinajstić information content (AvgIpc) is 2.88. The third-order valence-electron chi connectivity index (χ3n) is 2.91. The van der Waals surface area contributed by atoms with Gasteiger partial charge in [-0.25, -0.2) is 9.78 Å². The Bertz CT molecular complexity index is 706. The quantitative estimate of drug-likeness (QED) is 0.707. The van der Waals surface area contributed by atoms with E-state index in [0.717, 1.165) is 11.1 Å². The van der Waals surface area contributed by atoms with E-state index in [1.54, 1.807) is 17.1 Å². The number of ether oxygens (including phenoxy) is 1. The molecule has 2 aromatic heterocycles.